The van der Waals surface area contributed by atoms with E-state index in [0.29, 0.717) is 0 Å². The summed E-state index contributed by atoms with van der Waals surface area (Å²) in [4.78, 5) is 4.51. The summed E-state index contributed by atoms with van der Waals surface area (Å²) >= 11 is 4.94. The standard InChI is InChI=1S/C21H26N2S.C18H15P.C8H10.2ClH.Ru/c1-13-9-15(3)19(16(4)10-13)22-7-8-23(21(22)24)20-17(5)11-14(2)12-18(20)6;1-4-10-16(11-5-1)19(17-12-6-2-7-13-17)18-14-8-3-9-15-18;1-2-8-6-4-3-5-7-8;;;/h7-12,21,24H,1-6H3;1-15H;3-7H,2H2,1H3;2*1H;/q;;;;;+6/p-2. The van der Waals surface area contributed by atoms with Gasteiger partial charge in [-0.05, 0) is 99.6 Å². The molecule has 0 N–H and O–H groups in total. The fourth-order valence-electron chi connectivity index (χ4n) is 6.86. The van der Waals surface area contributed by atoms with Crippen LogP contribution >= 0.6 is 20.6 Å². The van der Waals surface area contributed by atoms with E-state index in [2.05, 4.69) is 210 Å². The second-order valence-corrected chi connectivity index (χ2v) is 15.8. The van der Waals surface area contributed by atoms with E-state index in [0.717, 1.165) is 6.42 Å². The molecule has 6 aromatic rings. The third-order valence-electron chi connectivity index (χ3n) is 8.97. The molecule has 278 valence electrons. The molecular weight excluding hydrogens is 828 g/mol. The SMILES string of the molecule is CCc1ccccc1.Cc1cc(C)c(N2C=CN(c3c(C)cc(C)cc3C)C2S)c(C)c1.[Cl-].[Cl-].[Ru+6].c1ccc(P(c2ccccc2)c2ccccc2)cc1. The third-order valence-corrected chi connectivity index (χ3v) is 11.9. The van der Waals surface area contributed by atoms with Crippen LogP contribution in [0.5, 0.6) is 0 Å². The van der Waals surface area contributed by atoms with E-state index in [1.807, 2.05) is 6.07 Å². The van der Waals surface area contributed by atoms with Crippen LogP contribution in [0.3, 0.4) is 0 Å². The Hall–Kier alpha value is -3.36. The summed E-state index contributed by atoms with van der Waals surface area (Å²) in [5.74, 6) is 0. The number of benzene rings is 6. The number of nitrogens with zero attached hydrogens (tertiary/aromatic N) is 2. The monoisotopic (exact) mass is 878 g/mol. The van der Waals surface area contributed by atoms with Crippen molar-refractivity contribution in [3.05, 3.63) is 197 Å². The second kappa shape index (κ2) is 22.9. The summed E-state index contributed by atoms with van der Waals surface area (Å²) in [7, 11) is -0.446. The van der Waals surface area contributed by atoms with E-state index >= 15 is 0 Å². The van der Waals surface area contributed by atoms with E-state index in [1.165, 1.54) is 66.2 Å². The van der Waals surface area contributed by atoms with Crippen molar-refractivity contribution in [1.82, 2.24) is 0 Å². The molecule has 0 amide bonds. The van der Waals surface area contributed by atoms with Crippen LogP contribution in [0.1, 0.15) is 45.9 Å². The van der Waals surface area contributed by atoms with Crippen LogP contribution in [-0.4, -0.2) is 5.50 Å². The smallest absolute Gasteiger partial charge is 1.00 e. The molecule has 1 aliphatic rings. The van der Waals surface area contributed by atoms with E-state index in [1.54, 1.807) is 0 Å². The number of anilines is 2. The first-order chi connectivity index (χ1) is 24.7. The zero-order valence-electron chi connectivity index (χ0n) is 32.2. The van der Waals surface area contributed by atoms with E-state index < -0.39 is 7.92 Å². The van der Waals surface area contributed by atoms with Gasteiger partial charge in [-0.2, -0.15) is 0 Å². The molecule has 54 heavy (non-hydrogen) atoms. The van der Waals surface area contributed by atoms with Gasteiger partial charge >= 0.3 is 19.5 Å². The number of hydrogen-bond donors (Lipinski definition) is 1. The Kier molecular flexibility index (Phi) is 19.8. The maximum Gasteiger partial charge on any atom is 6.00 e. The van der Waals surface area contributed by atoms with Gasteiger partial charge in [0.1, 0.15) is 0 Å². The maximum absolute atomic E-state index is 4.94. The van der Waals surface area contributed by atoms with Gasteiger partial charge in [-0.15, -0.1) is 12.6 Å². The zero-order chi connectivity index (χ0) is 36.3. The van der Waals surface area contributed by atoms with Gasteiger partial charge in [-0.25, -0.2) is 0 Å². The van der Waals surface area contributed by atoms with Crippen molar-refractivity contribution in [1.29, 1.82) is 0 Å². The van der Waals surface area contributed by atoms with Crippen LogP contribution < -0.4 is 50.5 Å². The normalized spacial score (nSPS) is 11.6. The first kappa shape index (κ1) is 46.8. The van der Waals surface area contributed by atoms with E-state index in [9.17, 15) is 0 Å². The summed E-state index contributed by atoms with van der Waals surface area (Å²) in [6.07, 6.45) is 5.42. The minimum Gasteiger partial charge on any atom is -1.00 e. The predicted molar refractivity (Wildman–Crippen MR) is 229 cm³/mol. The first-order valence-electron chi connectivity index (χ1n) is 17.8. The molecule has 0 unspecified atom stereocenters. The molecule has 0 atom stereocenters. The molecular formula is C47H51Cl2N2PRuS+4. The summed E-state index contributed by atoms with van der Waals surface area (Å²) in [5.41, 5.74) is 11.6. The van der Waals surface area contributed by atoms with Crippen LogP contribution in [-0.2, 0) is 25.9 Å². The van der Waals surface area contributed by atoms with Crippen LogP contribution in [0.15, 0.2) is 158 Å². The van der Waals surface area contributed by atoms with Crippen molar-refractivity contribution in [3.8, 4) is 0 Å². The van der Waals surface area contributed by atoms with Gasteiger partial charge in [-0.1, -0.05) is 164 Å². The Morgan fingerprint density at radius 3 is 1.02 bits per heavy atom. The molecule has 1 aliphatic heterocycles. The third kappa shape index (κ3) is 12.1. The Balaban J connectivity index is 0.000000301. The van der Waals surface area contributed by atoms with Crippen LogP contribution in [0, 0.1) is 41.5 Å². The molecule has 7 heteroatoms. The number of halogens is 2. The molecule has 0 aromatic heterocycles. The second-order valence-electron chi connectivity index (χ2n) is 13.1. The Morgan fingerprint density at radius 1 is 0.481 bits per heavy atom. The van der Waals surface area contributed by atoms with Crippen molar-refractivity contribution in [2.75, 3.05) is 9.80 Å². The summed E-state index contributed by atoms with van der Waals surface area (Å²) < 4.78 is 0. The first-order valence-corrected chi connectivity index (χ1v) is 19.6. The molecule has 6 aromatic carbocycles. The van der Waals surface area contributed by atoms with Gasteiger partial charge in [0.05, 0.1) is 0 Å². The molecule has 0 fully saturated rings. The van der Waals surface area contributed by atoms with Crippen LogP contribution in [0.25, 0.3) is 0 Å². The summed E-state index contributed by atoms with van der Waals surface area (Å²) in [5, 5.41) is 4.19. The van der Waals surface area contributed by atoms with Crippen LogP contribution in [0.2, 0.25) is 0 Å². The molecule has 0 spiro atoms. The van der Waals surface area contributed by atoms with Crippen molar-refractivity contribution < 1.29 is 44.3 Å². The quantitative estimate of drug-likeness (QED) is 0.139. The topological polar surface area (TPSA) is 6.48 Å². The summed E-state index contributed by atoms with van der Waals surface area (Å²) in [6, 6.07) is 51.7. The maximum atomic E-state index is 4.94. The molecule has 0 radical (unpaired) electrons. The van der Waals surface area contributed by atoms with Crippen LogP contribution in [0.4, 0.5) is 11.4 Å². The van der Waals surface area contributed by atoms with E-state index in [4.69, 9.17) is 12.6 Å². The van der Waals surface area contributed by atoms with Gasteiger partial charge in [0.15, 0.2) is 5.50 Å². The Labute approximate surface area is 356 Å². The van der Waals surface area contributed by atoms with Crippen molar-refractivity contribution >= 4 is 47.8 Å². The average molecular weight is 879 g/mol. The zero-order valence-corrected chi connectivity index (χ0v) is 37.2. The molecule has 0 saturated heterocycles. The van der Waals surface area contributed by atoms with Crippen molar-refractivity contribution in [3.63, 3.8) is 0 Å². The molecule has 0 saturated carbocycles. The summed E-state index contributed by atoms with van der Waals surface area (Å²) in [6.45, 7) is 15.2. The van der Waals surface area contributed by atoms with Crippen molar-refractivity contribution in [2.24, 2.45) is 0 Å². The minimum atomic E-state index is -0.446. The fourth-order valence-corrected chi connectivity index (χ4v) is 9.55. The van der Waals surface area contributed by atoms with Gasteiger partial charge in [0.2, 0.25) is 0 Å². The number of thiol groups is 1. The molecule has 7 rings (SSSR count). The molecule has 2 nitrogen and oxygen atoms in total. The molecule has 0 aliphatic carbocycles. The average Bonchev–Trinajstić information content (AvgIpc) is 3.49. The van der Waals surface area contributed by atoms with Crippen molar-refractivity contribution in [2.45, 2.75) is 60.4 Å². The fraction of sp³-hybridized carbons (Fsp3) is 0.191. The van der Waals surface area contributed by atoms with Gasteiger partial charge in [-0.3, -0.25) is 0 Å². The predicted octanol–water partition coefficient (Wildman–Crippen LogP) is 5.25. The Morgan fingerprint density at radius 2 is 0.759 bits per heavy atom. The molecule has 0 bridgehead atoms. The van der Waals surface area contributed by atoms with Gasteiger partial charge in [0, 0.05) is 23.8 Å². The number of aryl methyl sites for hydroxylation is 7. The minimum absolute atomic E-state index is 0. The van der Waals surface area contributed by atoms with Gasteiger partial charge < -0.3 is 34.6 Å². The molecule has 1 heterocycles. The largest absolute Gasteiger partial charge is 6.00 e. The van der Waals surface area contributed by atoms with E-state index in [-0.39, 0.29) is 49.8 Å². The van der Waals surface area contributed by atoms with Gasteiger partial charge in [0.25, 0.3) is 0 Å². The number of hydrogen-bond acceptors (Lipinski definition) is 3. The number of rotatable bonds is 6. The Bertz CT molecular complexity index is 1820.